The molecule has 6 heteroatoms. The maximum absolute atomic E-state index is 13.0. The lowest BCUT2D eigenvalue weighted by Crippen LogP contribution is -2.23. The molecule has 0 spiro atoms. The van der Waals surface area contributed by atoms with Crippen LogP contribution in [-0.2, 0) is 0 Å². The van der Waals surface area contributed by atoms with E-state index in [1.54, 1.807) is 6.07 Å². The average molecular weight is 407 g/mol. The summed E-state index contributed by atoms with van der Waals surface area (Å²) < 4.78 is 0. The van der Waals surface area contributed by atoms with Gasteiger partial charge in [-0.25, -0.2) is 4.98 Å². The number of nitrogens with one attached hydrogen (secondary N) is 1. The fourth-order valence-corrected chi connectivity index (χ4v) is 4.40. The number of pyridine rings is 1. The molecule has 1 aliphatic carbocycles. The van der Waals surface area contributed by atoms with Gasteiger partial charge in [-0.05, 0) is 62.3 Å². The summed E-state index contributed by atoms with van der Waals surface area (Å²) >= 11 is 1.42. The molecule has 0 atom stereocenters. The van der Waals surface area contributed by atoms with Crippen LogP contribution in [0.3, 0.4) is 0 Å². The molecule has 0 radical (unpaired) electrons. The zero-order valence-corrected chi connectivity index (χ0v) is 17.6. The van der Waals surface area contributed by atoms with Crippen LogP contribution >= 0.6 is 11.8 Å². The number of rotatable bonds is 5. The molecule has 2 aromatic rings. The van der Waals surface area contributed by atoms with Crippen LogP contribution in [-0.4, -0.2) is 30.2 Å². The molecule has 1 saturated carbocycles. The van der Waals surface area contributed by atoms with Crippen LogP contribution in [0.15, 0.2) is 35.4 Å². The summed E-state index contributed by atoms with van der Waals surface area (Å²) in [5, 5.41) is 13.2. The Morgan fingerprint density at radius 2 is 1.86 bits per heavy atom. The van der Waals surface area contributed by atoms with Gasteiger partial charge in [0.25, 0.3) is 5.91 Å². The van der Waals surface area contributed by atoms with Gasteiger partial charge in [-0.1, -0.05) is 12.8 Å². The third kappa shape index (κ3) is 4.56. The molecular weight excluding hydrogens is 380 g/mol. The van der Waals surface area contributed by atoms with Gasteiger partial charge in [0.1, 0.15) is 11.1 Å². The molecule has 2 heterocycles. The first-order valence-electron chi connectivity index (χ1n) is 10.3. The van der Waals surface area contributed by atoms with Gasteiger partial charge in [-0.15, -0.1) is 11.8 Å². The van der Waals surface area contributed by atoms with Gasteiger partial charge in [0.15, 0.2) is 0 Å². The van der Waals surface area contributed by atoms with E-state index in [0.29, 0.717) is 22.1 Å². The summed E-state index contributed by atoms with van der Waals surface area (Å²) in [5.74, 6) is 0.178. The van der Waals surface area contributed by atoms with Crippen molar-refractivity contribution in [3.05, 3.63) is 47.2 Å². The Labute approximate surface area is 176 Å². The highest BCUT2D eigenvalue weighted by Gasteiger charge is 2.28. The lowest BCUT2D eigenvalue weighted by Gasteiger charge is -2.22. The lowest BCUT2D eigenvalue weighted by molar-refractivity contribution is 0.102. The summed E-state index contributed by atoms with van der Waals surface area (Å²) in [5.41, 5.74) is 3.65. The number of hydrogen-bond donors (Lipinski definition) is 1. The second-order valence-electron chi connectivity index (χ2n) is 7.77. The number of carbonyl (C=O) groups excluding carboxylic acids is 1. The minimum atomic E-state index is -0.247. The van der Waals surface area contributed by atoms with Gasteiger partial charge in [-0.3, -0.25) is 4.79 Å². The highest BCUT2D eigenvalue weighted by atomic mass is 32.2. The zero-order chi connectivity index (χ0) is 20.2. The Kier molecular flexibility index (Phi) is 6.05. The number of carbonyl (C=O) groups is 1. The molecule has 0 bridgehead atoms. The van der Waals surface area contributed by atoms with Crippen LogP contribution in [0.25, 0.3) is 0 Å². The molecule has 1 aliphatic heterocycles. The third-order valence-electron chi connectivity index (χ3n) is 5.65. The molecule has 1 amide bonds. The van der Waals surface area contributed by atoms with Gasteiger partial charge in [0.2, 0.25) is 0 Å². The summed E-state index contributed by atoms with van der Waals surface area (Å²) in [6.07, 6.45) is 9.18. The summed E-state index contributed by atoms with van der Waals surface area (Å²) in [7, 11) is 0. The van der Waals surface area contributed by atoms with Crippen molar-refractivity contribution in [2.45, 2.75) is 49.5 Å². The minimum Gasteiger partial charge on any atom is -0.372 e. The molecule has 29 heavy (non-hydrogen) atoms. The normalized spacial score (nSPS) is 16.8. The number of benzene rings is 1. The predicted molar refractivity (Wildman–Crippen MR) is 118 cm³/mol. The molecule has 1 aromatic carbocycles. The van der Waals surface area contributed by atoms with Gasteiger partial charge in [0, 0.05) is 36.1 Å². The topological polar surface area (TPSA) is 69.0 Å². The van der Waals surface area contributed by atoms with Crippen LogP contribution in [0.5, 0.6) is 0 Å². The Morgan fingerprint density at radius 1 is 1.17 bits per heavy atom. The number of anilines is 2. The van der Waals surface area contributed by atoms with Crippen molar-refractivity contribution < 1.29 is 4.79 Å². The summed E-state index contributed by atoms with van der Waals surface area (Å²) in [4.78, 5) is 20.0. The highest BCUT2D eigenvalue weighted by molar-refractivity contribution is 7.98. The first-order chi connectivity index (χ1) is 14.2. The molecule has 4 rings (SSSR count). The molecule has 150 valence electrons. The predicted octanol–water partition coefficient (Wildman–Crippen LogP) is 5.19. The Bertz CT molecular complexity index is 923. The third-order valence-corrected chi connectivity index (χ3v) is 6.33. The number of nitriles is 1. The second kappa shape index (κ2) is 8.87. The number of hydrogen-bond acceptors (Lipinski definition) is 5. The van der Waals surface area contributed by atoms with E-state index in [-0.39, 0.29) is 5.91 Å². The van der Waals surface area contributed by atoms with Crippen molar-refractivity contribution in [1.29, 1.82) is 5.26 Å². The van der Waals surface area contributed by atoms with Gasteiger partial charge in [0.05, 0.1) is 11.1 Å². The van der Waals surface area contributed by atoms with Crippen molar-refractivity contribution in [2.75, 3.05) is 29.6 Å². The SMILES string of the molecule is CSc1nc(C2CC2)cc(C(=O)Nc2ccc(N3CCCCCC3)cc2)c1C#N. The van der Waals surface area contributed by atoms with E-state index in [1.807, 2.05) is 18.4 Å². The quantitative estimate of drug-likeness (QED) is 0.693. The van der Waals surface area contributed by atoms with Gasteiger partial charge >= 0.3 is 0 Å². The fraction of sp³-hybridized carbons (Fsp3) is 0.435. The van der Waals surface area contributed by atoms with Crippen LogP contribution in [0.4, 0.5) is 11.4 Å². The van der Waals surface area contributed by atoms with E-state index < -0.39 is 0 Å². The first-order valence-corrected chi connectivity index (χ1v) is 11.6. The second-order valence-corrected chi connectivity index (χ2v) is 8.56. The van der Waals surface area contributed by atoms with Crippen LogP contribution in [0.1, 0.15) is 66.1 Å². The van der Waals surface area contributed by atoms with Crippen LogP contribution < -0.4 is 10.2 Å². The van der Waals surface area contributed by atoms with Gasteiger partial charge < -0.3 is 10.2 Å². The van der Waals surface area contributed by atoms with Crippen LogP contribution in [0, 0.1) is 11.3 Å². The molecule has 1 N–H and O–H groups in total. The Hall–Kier alpha value is -2.52. The van der Waals surface area contributed by atoms with E-state index >= 15 is 0 Å². The van der Waals surface area contributed by atoms with Crippen molar-refractivity contribution in [2.24, 2.45) is 0 Å². The summed E-state index contributed by atoms with van der Waals surface area (Å²) in [6.45, 7) is 2.19. The minimum absolute atomic E-state index is 0.247. The van der Waals surface area contributed by atoms with Crippen LogP contribution in [0.2, 0.25) is 0 Å². The summed E-state index contributed by atoms with van der Waals surface area (Å²) in [6, 6.07) is 12.0. The maximum Gasteiger partial charge on any atom is 0.257 e. The van der Waals surface area contributed by atoms with E-state index in [1.165, 1.54) is 43.1 Å². The number of aromatic nitrogens is 1. The van der Waals surface area contributed by atoms with Crippen molar-refractivity contribution in [1.82, 2.24) is 4.98 Å². The highest BCUT2D eigenvalue weighted by Crippen LogP contribution is 2.40. The van der Waals surface area contributed by atoms with E-state index in [9.17, 15) is 10.1 Å². The Morgan fingerprint density at radius 3 is 2.45 bits per heavy atom. The smallest absolute Gasteiger partial charge is 0.257 e. The molecule has 2 fully saturated rings. The average Bonchev–Trinajstić information content (AvgIpc) is 3.60. The largest absolute Gasteiger partial charge is 0.372 e. The number of thioether (sulfide) groups is 1. The molecule has 1 aromatic heterocycles. The molecule has 2 aliphatic rings. The van der Waals surface area contributed by atoms with Crippen molar-refractivity contribution >= 4 is 29.0 Å². The van der Waals surface area contributed by atoms with E-state index in [0.717, 1.165) is 37.3 Å². The van der Waals surface area contributed by atoms with Gasteiger partial charge in [-0.2, -0.15) is 5.26 Å². The standard InChI is InChI=1S/C23H26N4OS/c1-29-23-20(15-24)19(14-21(26-23)16-6-7-16)22(28)25-17-8-10-18(11-9-17)27-12-4-2-3-5-13-27/h8-11,14,16H,2-7,12-13H2,1H3,(H,25,28). The van der Waals surface area contributed by atoms with E-state index in [2.05, 4.69) is 33.4 Å². The molecule has 1 saturated heterocycles. The maximum atomic E-state index is 13.0. The molecule has 5 nitrogen and oxygen atoms in total. The number of nitrogens with zero attached hydrogens (tertiary/aromatic N) is 3. The Balaban J connectivity index is 1.53. The fourth-order valence-electron chi connectivity index (χ4n) is 3.85. The van der Waals surface area contributed by atoms with E-state index in [4.69, 9.17) is 0 Å². The zero-order valence-electron chi connectivity index (χ0n) is 16.8. The molecule has 0 unspecified atom stereocenters. The number of amides is 1. The lowest BCUT2D eigenvalue weighted by atomic mass is 10.1. The monoisotopic (exact) mass is 406 g/mol. The molecular formula is C23H26N4OS. The first kappa shape index (κ1) is 19.8. The van der Waals surface area contributed by atoms with Crippen molar-refractivity contribution in [3.8, 4) is 6.07 Å². The van der Waals surface area contributed by atoms with Crippen molar-refractivity contribution in [3.63, 3.8) is 0 Å².